The Morgan fingerprint density at radius 1 is 1.61 bits per heavy atom. The van der Waals surface area contributed by atoms with E-state index >= 15 is 0 Å². The molecule has 0 saturated heterocycles. The summed E-state index contributed by atoms with van der Waals surface area (Å²) in [6, 6.07) is 6.15. The number of nitrogens with zero attached hydrogens (tertiary/aromatic N) is 1. The number of anilines is 2. The summed E-state index contributed by atoms with van der Waals surface area (Å²) in [7, 11) is 0. The van der Waals surface area contributed by atoms with Crippen LogP contribution in [0.5, 0.6) is 0 Å². The summed E-state index contributed by atoms with van der Waals surface area (Å²) in [4.78, 5) is 3.69. The molecule has 2 rings (SSSR count). The molecule has 18 heavy (non-hydrogen) atoms. The average molecular weight is 261 g/mol. The standard InChI is InChI=1S/C14H19N3S/c1-3-16-9-11(2)10-17-6-7-18-14-5-4-12(15)8-13(14)17/h3-5,8-9,16H,1,6-7,10,15H2,2H3/b11-9+. The van der Waals surface area contributed by atoms with E-state index in [2.05, 4.69) is 35.9 Å². The molecule has 1 heterocycles. The third-order valence-electron chi connectivity index (χ3n) is 2.83. The van der Waals surface area contributed by atoms with Crippen molar-refractivity contribution in [2.75, 3.05) is 29.5 Å². The Balaban J connectivity index is 2.16. The van der Waals surface area contributed by atoms with Crippen molar-refractivity contribution in [1.82, 2.24) is 5.32 Å². The molecule has 0 unspecified atom stereocenters. The number of fused-ring (bicyclic) bond motifs is 1. The third-order valence-corrected chi connectivity index (χ3v) is 3.87. The van der Waals surface area contributed by atoms with E-state index in [-0.39, 0.29) is 0 Å². The van der Waals surface area contributed by atoms with Crippen LogP contribution in [0.25, 0.3) is 0 Å². The lowest BCUT2D eigenvalue weighted by molar-refractivity contribution is 0.856. The lowest BCUT2D eigenvalue weighted by atomic mass is 10.2. The lowest BCUT2D eigenvalue weighted by Crippen LogP contribution is -2.31. The van der Waals surface area contributed by atoms with E-state index < -0.39 is 0 Å². The summed E-state index contributed by atoms with van der Waals surface area (Å²) < 4.78 is 0. The van der Waals surface area contributed by atoms with Crippen molar-refractivity contribution in [3.8, 4) is 0 Å². The molecule has 3 nitrogen and oxygen atoms in total. The van der Waals surface area contributed by atoms with Gasteiger partial charge in [-0.15, -0.1) is 11.8 Å². The van der Waals surface area contributed by atoms with Crippen LogP contribution in [0.1, 0.15) is 6.92 Å². The number of nitrogens with one attached hydrogen (secondary N) is 1. The molecule has 0 aliphatic carbocycles. The molecule has 96 valence electrons. The molecule has 1 aliphatic heterocycles. The highest BCUT2D eigenvalue weighted by Crippen LogP contribution is 2.36. The molecule has 0 fully saturated rings. The Hall–Kier alpha value is -1.55. The maximum Gasteiger partial charge on any atom is 0.0528 e. The number of nitrogens with two attached hydrogens (primary N) is 1. The van der Waals surface area contributed by atoms with Crippen LogP contribution in [0.15, 0.2) is 47.6 Å². The lowest BCUT2D eigenvalue weighted by Gasteiger charge is -2.31. The second-order valence-electron chi connectivity index (χ2n) is 4.36. The van der Waals surface area contributed by atoms with Crippen molar-refractivity contribution in [2.24, 2.45) is 0 Å². The Bertz CT molecular complexity index is 468. The third kappa shape index (κ3) is 3.01. The molecule has 0 saturated carbocycles. The van der Waals surface area contributed by atoms with E-state index in [1.807, 2.05) is 24.0 Å². The largest absolute Gasteiger partial charge is 0.399 e. The topological polar surface area (TPSA) is 41.3 Å². The van der Waals surface area contributed by atoms with Crippen LogP contribution in [0, 0.1) is 0 Å². The van der Waals surface area contributed by atoms with Crippen LogP contribution in [0.4, 0.5) is 11.4 Å². The minimum Gasteiger partial charge on any atom is -0.399 e. The molecule has 0 atom stereocenters. The molecule has 1 aromatic rings. The van der Waals surface area contributed by atoms with Gasteiger partial charge in [-0.3, -0.25) is 0 Å². The highest BCUT2D eigenvalue weighted by molar-refractivity contribution is 7.99. The first kappa shape index (κ1) is 12.9. The summed E-state index contributed by atoms with van der Waals surface area (Å²) in [5.74, 6) is 1.12. The Labute approximate surface area is 113 Å². The van der Waals surface area contributed by atoms with E-state index in [4.69, 9.17) is 5.73 Å². The number of rotatable bonds is 4. The fourth-order valence-corrected chi connectivity index (χ4v) is 3.03. The van der Waals surface area contributed by atoms with Gasteiger partial charge >= 0.3 is 0 Å². The summed E-state index contributed by atoms with van der Waals surface area (Å²) >= 11 is 1.90. The zero-order valence-corrected chi connectivity index (χ0v) is 11.5. The van der Waals surface area contributed by atoms with Crippen molar-refractivity contribution < 1.29 is 0 Å². The maximum absolute atomic E-state index is 5.88. The smallest absolute Gasteiger partial charge is 0.0528 e. The van der Waals surface area contributed by atoms with Gasteiger partial charge in [-0.1, -0.05) is 6.58 Å². The molecule has 1 aromatic carbocycles. The van der Waals surface area contributed by atoms with E-state index in [0.29, 0.717) is 0 Å². The SMILES string of the molecule is C=CN/C=C(\C)CN1CCSc2ccc(N)cc21. The van der Waals surface area contributed by atoms with Gasteiger partial charge in [-0.05, 0) is 36.9 Å². The van der Waals surface area contributed by atoms with Gasteiger partial charge in [-0.25, -0.2) is 0 Å². The second kappa shape index (κ2) is 5.87. The highest BCUT2D eigenvalue weighted by Gasteiger charge is 2.17. The van der Waals surface area contributed by atoms with Crippen LogP contribution in [0.2, 0.25) is 0 Å². The van der Waals surface area contributed by atoms with Gasteiger partial charge in [0, 0.05) is 35.6 Å². The number of hydrogen-bond acceptors (Lipinski definition) is 4. The average Bonchev–Trinajstić information content (AvgIpc) is 2.37. The summed E-state index contributed by atoms with van der Waals surface area (Å²) in [6.07, 6.45) is 3.67. The summed E-state index contributed by atoms with van der Waals surface area (Å²) in [6.45, 7) is 7.72. The number of benzene rings is 1. The second-order valence-corrected chi connectivity index (χ2v) is 5.50. The predicted octanol–water partition coefficient (Wildman–Crippen LogP) is 2.82. The summed E-state index contributed by atoms with van der Waals surface area (Å²) in [5, 5.41) is 3.02. The number of hydrogen-bond donors (Lipinski definition) is 2. The van der Waals surface area contributed by atoms with Gasteiger partial charge in [0.15, 0.2) is 0 Å². The number of nitrogen functional groups attached to an aromatic ring is 1. The Morgan fingerprint density at radius 2 is 2.44 bits per heavy atom. The first-order valence-electron chi connectivity index (χ1n) is 6.00. The van der Waals surface area contributed by atoms with Gasteiger partial charge in [0.2, 0.25) is 0 Å². The Kier molecular flexibility index (Phi) is 4.20. The van der Waals surface area contributed by atoms with E-state index in [1.54, 1.807) is 6.20 Å². The molecule has 0 spiro atoms. The number of thioether (sulfide) groups is 1. The minimum atomic E-state index is 0.826. The zero-order valence-electron chi connectivity index (χ0n) is 10.6. The normalized spacial score (nSPS) is 15.2. The van der Waals surface area contributed by atoms with Crippen molar-refractivity contribution in [3.63, 3.8) is 0 Å². The molecule has 0 bridgehead atoms. The maximum atomic E-state index is 5.88. The first-order chi connectivity index (χ1) is 8.70. The molecule has 0 amide bonds. The fraction of sp³-hybridized carbons (Fsp3) is 0.286. The fourth-order valence-electron chi connectivity index (χ4n) is 2.00. The first-order valence-corrected chi connectivity index (χ1v) is 6.99. The van der Waals surface area contributed by atoms with E-state index in [0.717, 1.165) is 24.5 Å². The molecule has 4 heteroatoms. The van der Waals surface area contributed by atoms with Gasteiger partial charge in [0.05, 0.1) is 5.69 Å². The molecule has 3 N–H and O–H groups in total. The van der Waals surface area contributed by atoms with Crippen LogP contribution in [0.3, 0.4) is 0 Å². The summed E-state index contributed by atoms with van der Waals surface area (Å²) in [5.41, 5.74) is 9.23. The van der Waals surface area contributed by atoms with Gasteiger partial charge in [0.1, 0.15) is 0 Å². The van der Waals surface area contributed by atoms with Gasteiger partial charge in [-0.2, -0.15) is 0 Å². The van der Waals surface area contributed by atoms with Gasteiger partial charge < -0.3 is 16.0 Å². The van der Waals surface area contributed by atoms with E-state index in [9.17, 15) is 0 Å². The van der Waals surface area contributed by atoms with Crippen molar-refractivity contribution >= 4 is 23.1 Å². The zero-order chi connectivity index (χ0) is 13.0. The monoisotopic (exact) mass is 261 g/mol. The van der Waals surface area contributed by atoms with Crippen LogP contribution in [-0.2, 0) is 0 Å². The molecule has 0 aromatic heterocycles. The Morgan fingerprint density at radius 3 is 3.22 bits per heavy atom. The molecule has 1 aliphatic rings. The quantitative estimate of drug-likeness (QED) is 0.818. The predicted molar refractivity (Wildman–Crippen MR) is 80.9 cm³/mol. The molecular formula is C14H19N3S. The molecular weight excluding hydrogens is 242 g/mol. The van der Waals surface area contributed by atoms with Crippen LogP contribution >= 0.6 is 11.8 Å². The van der Waals surface area contributed by atoms with Gasteiger partial charge in [0.25, 0.3) is 0 Å². The van der Waals surface area contributed by atoms with Crippen molar-refractivity contribution in [2.45, 2.75) is 11.8 Å². The highest BCUT2D eigenvalue weighted by atomic mass is 32.2. The van der Waals surface area contributed by atoms with Crippen molar-refractivity contribution in [1.29, 1.82) is 0 Å². The van der Waals surface area contributed by atoms with Crippen LogP contribution in [-0.4, -0.2) is 18.8 Å². The van der Waals surface area contributed by atoms with Crippen LogP contribution < -0.4 is 16.0 Å². The minimum absolute atomic E-state index is 0.826. The van der Waals surface area contributed by atoms with E-state index in [1.165, 1.54) is 16.2 Å². The van der Waals surface area contributed by atoms with Crippen molar-refractivity contribution in [3.05, 3.63) is 42.8 Å². The molecule has 0 radical (unpaired) electrons.